The van der Waals surface area contributed by atoms with Crippen LogP contribution < -0.4 is 5.73 Å². The molecule has 0 bridgehead atoms. The average molecular weight is 454 g/mol. The van der Waals surface area contributed by atoms with Crippen molar-refractivity contribution in [2.45, 2.75) is 32.1 Å². The highest BCUT2D eigenvalue weighted by atomic mass is 19.1. The minimum absolute atomic E-state index is 0.0381. The molecule has 2 aromatic rings. The van der Waals surface area contributed by atoms with E-state index in [0.717, 1.165) is 29.2 Å². The van der Waals surface area contributed by atoms with E-state index < -0.39 is 17.6 Å². The maximum atomic E-state index is 14.2. The molecule has 7 nitrogen and oxygen atoms in total. The molecule has 1 saturated heterocycles. The number of β-amino-alcohol motifs (C(OH)–C–C–N with tert-alkyl or cyclic N) is 1. The number of esters is 1. The summed E-state index contributed by atoms with van der Waals surface area (Å²) in [5.74, 6) is -2.90. The minimum Gasteiger partial charge on any atom is -0.466 e. The summed E-state index contributed by atoms with van der Waals surface area (Å²) in [5.41, 5.74) is 8.32. The number of carbonyl (C=O) groups is 1. The summed E-state index contributed by atoms with van der Waals surface area (Å²) in [6, 6.07) is 12.3. The zero-order valence-corrected chi connectivity index (χ0v) is 19.0. The number of nitrogen functional groups attached to an aromatic ring is 1. The molecule has 1 heterocycles. The number of hydrogen-bond acceptors (Lipinski definition) is 7. The first-order valence-corrected chi connectivity index (χ1v) is 10.6. The van der Waals surface area contributed by atoms with Gasteiger partial charge in [-0.2, -0.15) is 5.26 Å². The zero-order valence-electron chi connectivity index (χ0n) is 19.0. The molecule has 0 aromatic heterocycles. The van der Waals surface area contributed by atoms with Crippen molar-refractivity contribution in [3.05, 3.63) is 70.5 Å². The number of methoxy groups -OCH3 is 1. The van der Waals surface area contributed by atoms with E-state index in [2.05, 4.69) is 9.64 Å². The molecule has 2 atom stereocenters. The number of nitriles is 1. The maximum absolute atomic E-state index is 14.2. The SMILES string of the molecule is COC(=O)/C=C(\C)c1ccc(CC(C)N2CCOC(O)(c3cc(F)c(N)c(C#N)c3)C2)cc1. The predicted octanol–water partition coefficient (Wildman–Crippen LogP) is 2.96. The summed E-state index contributed by atoms with van der Waals surface area (Å²) in [6.45, 7) is 4.88. The smallest absolute Gasteiger partial charge is 0.330 e. The van der Waals surface area contributed by atoms with Crippen molar-refractivity contribution in [3.8, 4) is 6.07 Å². The Morgan fingerprint density at radius 2 is 2.12 bits per heavy atom. The number of carbonyl (C=O) groups excluding carboxylic acids is 1. The van der Waals surface area contributed by atoms with Gasteiger partial charge < -0.3 is 20.3 Å². The summed E-state index contributed by atoms with van der Waals surface area (Å²) in [6.07, 6.45) is 2.17. The largest absolute Gasteiger partial charge is 0.466 e. The molecule has 8 heteroatoms. The van der Waals surface area contributed by atoms with Gasteiger partial charge in [0.15, 0.2) is 0 Å². The van der Waals surface area contributed by atoms with Crippen LogP contribution in [0.5, 0.6) is 0 Å². The fraction of sp³-hybridized carbons (Fsp3) is 0.360. The van der Waals surface area contributed by atoms with Gasteiger partial charge in [-0.15, -0.1) is 0 Å². The Bertz CT molecular complexity index is 1090. The van der Waals surface area contributed by atoms with E-state index in [0.29, 0.717) is 6.54 Å². The minimum atomic E-state index is -1.74. The van der Waals surface area contributed by atoms with Crippen molar-refractivity contribution in [3.63, 3.8) is 0 Å². The molecule has 174 valence electrons. The third-order valence-electron chi connectivity index (χ3n) is 5.94. The molecule has 1 aliphatic heterocycles. The van der Waals surface area contributed by atoms with E-state index >= 15 is 0 Å². The number of hydrogen-bond donors (Lipinski definition) is 2. The normalized spacial score (nSPS) is 20.2. The van der Waals surface area contributed by atoms with Gasteiger partial charge in [0.2, 0.25) is 5.79 Å². The number of morpholine rings is 1. The molecule has 0 aliphatic carbocycles. The molecule has 0 radical (unpaired) electrons. The number of halogens is 1. The van der Waals surface area contributed by atoms with Crippen LogP contribution in [0.2, 0.25) is 0 Å². The molecular weight excluding hydrogens is 425 g/mol. The van der Waals surface area contributed by atoms with Crippen LogP contribution >= 0.6 is 0 Å². The second-order valence-electron chi connectivity index (χ2n) is 8.24. The lowest BCUT2D eigenvalue weighted by Crippen LogP contribution is -2.53. The Morgan fingerprint density at radius 1 is 1.42 bits per heavy atom. The first kappa shape index (κ1) is 24.4. The highest BCUT2D eigenvalue weighted by Crippen LogP contribution is 2.32. The first-order valence-electron chi connectivity index (χ1n) is 10.6. The van der Waals surface area contributed by atoms with Gasteiger partial charge in [0.25, 0.3) is 0 Å². The molecule has 2 unspecified atom stereocenters. The monoisotopic (exact) mass is 453 g/mol. The summed E-state index contributed by atoms with van der Waals surface area (Å²) < 4.78 is 24.5. The first-order chi connectivity index (χ1) is 15.7. The van der Waals surface area contributed by atoms with Crippen molar-refractivity contribution in [2.75, 3.05) is 32.5 Å². The summed E-state index contributed by atoms with van der Waals surface area (Å²) in [4.78, 5) is 13.5. The van der Waals surface area contributed by atoms with E-state index in [9.17, 15) is 19.6 Å². The van der Waals surface area contributed by atoms with E-state index in [-0.39, 0.29) is 36.0 Å². The Morgan fingerprint density at radius 3 is 2.76 bits per heavy atom. The van der Waals surface area contributed by atoms with E-state index in [1.165, 1.54) is 19.3 Å². The van der Waals surface area contributed by atoms with Gasteiger partial charge in [0.1, 0.15) is 11.9 Å². The molecule has 3 rings (SSSR count). The number of ether oxygens (including phenoxy) is 2. The van der Waals surface area contributed by atoms with Crippen LogP contribution in [0.1, 0.15) is 36.1 Å². The lowest BCUT2D eigenvalue weighted by atomic mass is 9.97. The van der Waals surface area contributed by atoms with E-state index in [4.69, 9.17) is 10.5 Å². The second-order valence-corrected chi connectivity index (χ2v) is 8.24. The topological polar surface area (TPSA) is 109 Å². The Labute approximate surface area is 192 Å². The molecule has 2 aromatic carbocycles. The highest BCUT2D eigenvalue weighted by molar-refractivity contribution is 5.90. The molecule has 0 amide bonds. The van der Waals surface area contributed by atoms with E-state index in [1.807, 2.05) is 44.2 Å². The van der Waals surface area contributed by atoms with Crippen molar-refractivity contribution in [1.82, 2.24) is 4.90 Å². The zero-order chi connectivity index (χ0) is 24.2. The number of anilines is 1. The fourth-order valence-electron chi connectivity index (χ4n) is 3.91. The van der Waals surface area contributed by atoms with Crippen molar-refractivity contribution >= 4 is 17.2 Å². The standard InChI is InChI=1S/C25H28FN3O4/c1-16(10-23(30)32-3)19-6-4-18(5-7-19)11-17(2)29-8-9-33-25(31,15-29)21-12-20(14-27)24(28)22(26)13-21/h4-7,10,12-13,17,31H,8-9,11,15,28H2,1-3H3/b16-10+. The van der Waals surface area contributed by atoms with Gasteiger partial charge in [-0.1, -0.05) is 24.3 Å². The fourth-order valence-corrected chi connectivity index (χ4v) is 3.91. The molecule has 3 N–H and O–H groups in total. The number of nitrogens with two attached hydrogens (primary N) is 1. The van der Waals surface area contributed by atoms with Crippen LogP contribution in [0.3, 0.4) is 0 Å². The number of nitrogens with zero attached hydrogens (tertiary/aromatic N) is 2. The maximum Gasteiger partial charge on any atom is 0.330 e. The van der Waals surface area contributed by atoms with Gasteiger partial charge in [-0.25, -0.2) is 9.18 Å². The van der Waals surface area contributed by atoms with Crippen LogP contribution in [0, 0.1) is 17.1 Å². The summed E-state index contributed by atoms with van der Waals surface area (Å²) in [7, 11) is 1.34. The quantitative estimate of drug-likeness (QED) is 0.393. The van der Waals surface area contributed by atoms with Crippen LogP contribution in [-0.4, -0.2) is 48.8 Å². The third kappa shape index (κ3) is 5.57. The van der Waals surface area contributed by atoms with Gasteiger partial charge in [0.05, 0.1) is 31.5 Å². The van der Waals surface area contributed by atoms with E-state index in [1.54, 1.807) is 0 Å². The summed E-state index contributed by atoms with van der Waals surface area (Å²) >= 11 is 0. The second kappa shape index (κ2) is 10.1. The van der Waals surface area contributed by atoms with Crippen LogP contribution in [-0.2, 0) is 26.5 Å². The Balaban J connectivity index is 1.72. The number of aliphatic hydroxyl groups is 1. The predicted molar refractivity (Wildman–Crippen MR) is 122 cm³/mol. The van der Waals surface area contributed by atoms with Gasteiger partial charge >= 0.3 is 5.97 Å². The molecule has 33 heavy (non-hydrogen) atoms. The molecule has 1 aliphatic rings. The van der Waals surface area contributed by atoms with Crippen molar-refractivity contribution < 1.29 is 23.8 Å². The number of rotatable bonds is 6. The highest BCUT2D eigenvalue weighted by Gasteiger charge is 2.38. The van der Waals surface area contributed by atoms with Crippen LogP contribution in [0.15, 0.2) is 42.5 Å². The average Bonchev–Trinajstić information content (AvgIpc) is 2.81. The van der Waals surface area contributed by atoms with Gasteiger partial charge in [-0.3, -0.25) is 4.90 Å². The summed E-state index contributed by atoms with van der Waals surface area (Å²) in [5, 5.41) is 20.3. The van der Waals surface area contributed by atoms with Gasteiger partial charge in [-0.05, 0) is 49.1 Å². The third-order valence-corrected chi connectivity index (χ3v) is 5.94. The van der Waals surface area contributed by atoms with Gasteiger partial charge in [0, 0.05) is 24.2 Å². The van der Waals surface area contributed by atoms with Crippen LogP contribution in [0.4, 0.5) is 10.1 Å². The lowest BCUT2D eigenvalue weighted by Gasteiger charge is -2.42. The molecule has 0 saturated carbocycles. The van der Waals surface area contributed by atoms with Crippen LogP contribution in [0.25, 0.3) is 5.57 Å². The lowest BCUT2D eigenvalue weighted by molar-refractivity contribution is -0.252. The van der Waals surface area contributed by atoms with Crippen molar-refractivity contribution in [2.24, 2.45) is 0 Å². The van der Waals surface area contributed by atoms with Crippen molar-refractivity contribution in [1.29, 1.82) is 5.26 Å². The molecular formula is C25H28FN3O4. The Hall–Kier alpha value is -3.25. The number of benzene rings is 2. The Kier molecular flexibility index (Phi) is 7.49. The molecule has 1 fully saturated rings. The number of allylic oxidation sites excluding steroid dienone is 1. The molecule has 0 spiro atoms.